The van der Waals surface area contributed by atoms with E-state index in [0.717, 1.165) is 5.69 Å². The lowest BCUT2D eigenvalue weighted by Crippen LogP contribution is -2.41. The summed E-state index contributed by atoms with van der Waals surface area (Å²) in [5.41, 5.74) is 7.87. The molecule has 7 nitrogen and oxygen atoms in total. The van der Waals surface area contributed by atoms with Crippen LogP contribution in [0.1, 0.15) is 18.1 Å². The highest BCUT2D eigenvalue weighted by molar-refractivity contribution is 7.99. The van der Waals surface area contributed by atoms with Crippen molar-refractivity contribution in [3.05, 3.63) is 35.7 Å². The number of hydrogen-bond acceptors (Lipinski definition) is 5. The number of hydrazine groups is 1. The van der Waals surface area contributed by atoms with E-state index in [1.807, 2.05) is 36.6 Å². The standard InChI is InChI=1S/C14H17N5O2S/c1-9-4-5-12(6-10(9)2)19-8-15-18-14(19)22-7-13(21)17-16-11(3)20/h4-6,8H,7H2,1-3H3,(H,16,20)(H,17,21). The summed E-state index contributed by atoms with van der Waals surface area (Å²) in [6.07, 6.45) is 1.61. The first kappa shape index (κ1) is 16.0. The van der Waals surface area contributed by atoms with E-state index >= 15 is 0 Å². The third-order valence-corrected chi connectivity index (χ3v) is 3.94. The van der Waals surface area contributed by atoms with Gasteiger partial charge in [-0.25, -0.2) is 0 Å². The van der Waals surface area contributed by atoms with E-state index in [4.69, 9.17) is 0 Å². The Morgan fingerprint density at radius 3 is 2.68 bits per heavy atom. The number of aromatic nitrogens is 3. The second-order valence-electron chi connectivity index (χ2n) is 4.77. The van der Waals surface area contributed by atoms with Crippen molar-refractivity contribution in [2.75, 3.05) is 5.75 Å². The molecule has 2 rings (SSSR count). The fourth-order valence-electron chi connectivity index (χ4n) is 1.70. The minimum Gasteiger partial charge on any atom is -0.277 e. The van der Waals surface area contributed by atoms with Gasteiger partial charge in [-0.05, 0) is 37.1 Å². The van der Waals surface area contributed by atoms with Gasteiger partial charge < -0.3 is 0 Å². The molecule has 2 amide bonds. The summed E-state index contributed by atoms with van der Waals surface area (Å²) < 4.78 is 1.82. The first-order valence-electron chi connectivity index (χ1n) is 6.63. The lowest BCUT2D eigenvalue weighted by atomic mass is 10.1. The Labute approximate surface area is 132 Å². The topological polar surface area (TPSA) is 88.9 Å². The number of benzene rings is 1. The normalized spacial score (nSPS) is 10.3. The molecule has 22 heavy (non-hydrogen) atoms. The second-order valence-corrected chi connectivity index (χ2v) is 5.71. The second kappa shape index (κ2) is 7.08. The molecule has 0 saturated heterocycles. The molecule has 2 N–H and O–H groups in total. The van der Waals surface area contributed by atoms with Gasteiger partial charge in [-0.15, -0.1) is 10.2 Å². The maximum absolute atomic E-state index is 11.6. The zero-order valence-corrected chi connectivity index (χ0v) is 13.4. The van der Waals surface area contributed by atoms with Gasteiger partial charge >= 0.3 is 0 Å². The van der Waals surface area contributed by atoms with E-state index in [1.165, 1.54) is 29.8 Å². The summed E-state index contributed by atoms with van der Waals surface area (Å²) in [6, 6.07) is 6.05. The molecular formula is C14H17N5O2S. The molecule has 0 aliphatic heterocycles. The van der Waals surface area contributed by atoms with Crippen LogP contribution in [-0.4, -0.2) is 32.3 Å². The van der Waals surface area contributed by atoms with Crippen molar-refractivity contribution < 1.29 is 9.59 Å². The molecule has 0 fully saturated rings. The third kappa shape index (κ3) is 4.08. The van der Waals surface area contributed by atoms with Crippen molar-refractivity contribution in [3.8, 4) is 5.69 Å². The molecule has 1 heterocycles. The zero-order chi connectivity index (χ0) is 16.1. The molecule has 0 unspecified atom stereocenters. The van der Waals surface area contributed by atoms with Crippen LogP contribution in [0.4, 0.5) is 0 Å². The highest BCUT2D eigenvalue weighted by Crippen LogP contribution is 2.21. The van der Waals surface area contributed by atoms with Gasteiger partial charge in [0.15, 0.2) is 5.16 Å². The van der Waals surface area contributed by atoms with Crippen LogP contribution in [0.3, 0.4) is 0 Å². The van der Waals surface area contributed by atoms with Crippen molar-refractivity contribution in [3.63, 3.8) is 0 Å². The Kier molecular flexibility index (Phi) is 5.16. The molecule has 0 aliphatic rings. The fourth-order valence-corrected chi connectivity index (χ4v) is 2.43. The van der Waals surface area contributed by atoms with E-state index in [9.17, 15) is 9.59 Å². The van der Waals surface area contributed by atoms with Crippen molar-refractivity contribution >= 4 is 23.6 Å². The molecule has 0 radical (unpaired) electrons. The van der Waals surface area contributed by atoms with Crippen LogP contribution < -0.4 is 10.9 Å². The van der Waals surface area contributed by atoms with Gasteiger partial charge in [-0.1, -0.05) is 17.8 Å². The minimum atomic E-state index is -0.323. The molecule has 2 aromatic rings. The van der Waals surface area contributed by atoms with Crippen LogP contribution in [0.25, 0.3) is 5.69 Å². The Balaban J connectivity index is 2.05. The smallest absolute Gasteiger partial charge is 0.248 e. The summed E-state index contributed by atoms with van der Waals surface area (Å²) in [4.78, 5) is 22.3. The van der Waals surface area contributed by atoms with Crippen molar-refractivity contribution in [2.45, 2.75) is 25.9 Å². The molecule has 116 valence electrons. The van der Waals surface area contributed by atoms with Gasteiger partial charge in [0.2, 0.25) is 11.8 Å². The molecule has 1 aromatic carbocycles. The van der Waals surface area contributed by atoms with E-state index in [2.05, 4.69) is 21.0 Å². The monoisotopic (exact) mass is 319 g/mol. The van der Waals surface area contributed by atoms with Gasteiger partial charge in [0.1, 0.15) is 6.33 Å². The predicted molar refractivity (Wildman–Crippen MR) is 83.5 cm³/mol. The molecule has 0 bridgehead atoms. The van der Waals surface area contributed by atoms with Crippen LogP contribution in [0.15, 0.2) is 29.7 Å². The summed E-state index contributed by atoms with van der Waals surface area (Å²) in [5.74, 6) is -0.504. The maximum atomic E-state index is 11.6. The van der Waals surface area contributed by atoms with E-state index in [1.54, 1.807) is 6.33 Å². The highest BCUT2D eigenvalue weighted by Gasteiger charge is 2.10. The van der Waals surface area contributed by atoms with Crippen LogP contribution in [-0.2, 0) is 9.59 Å². The number of amides is 2. The Bertz CT molecular complexity index is 698. The average Bonchev–Trinajstić information content (AvgIpc) is 2.94. The lowest BCUT2D eigenvalue weighted by molar-refractivity contribution is -0.126. The van der Waals surface area contributed by atoms with Crippen LogP contribution in [0.2, 0.25) is 0 Å². The Morgan fingerprint density at radius 2 is 2.00 bits per heavy atom. The Hall–Kier alpha value is -2.35. The number of thioether (sulfide) groups is 1. The number of aryl methyl sites for hydroxylation is 2. The first-order chi connectivity index (χ1) is 10.5. The summed E-state index contributed by atoms with van der Waals surface area (Å²) in [5, 5.41) is 8.53. The number of hydrogen-bond donors (Lipinski definition) is 2. The summed E-state index contributed by atoms with van der Waals surface area (Å²) >= 11 is 1.24. The van der Waals surface area contributed by atoms with Crippen molar-refractivity contribution in [1.82, 2.24) is 25.6 Å². The third-order valence-electron chi connectivity index (χ3n) is 3.00. The summed E-state index contributed by atoms with van der Waals surface area (Å²) in [6.45, 7) is 5.41. The first-order valence-corrected chi connectivity index (χ1v) is 7.62. The number of rotatable bonds is 4. The van der Waals surface area contributed by atoms with Crippen molar-refractivity contribution in [1.29, 1.82) is 0 Å². The molecule has 0 atom stereocenters. The SMILES string of the molecule is CC(=O)NNC(=O)CSc1nncn1-c1ccc(C)c(C)c1. The van der Waals surface area contributed by atoms with Gasteiger partial charge in [0, 0.05) is 12.6 Å². The molecule has 0 aliphatic carbocycles. The fraction of sp³-hybridized carbons (Fsp3) is 0.286. The minimum absolute atomic E-state index is 0.129. The number of nitrogens with one attached hydrogen (secondary N) is 2. The quantitative estimate of drug-likeness (QED) is 0.652. The number of carbonyl (C=O) groups excluding carboxylic acids is 2. The van der Waals surface area contributed by atoms with Gasteiger partial charge in [-0.3, -0.25) is 25.0 Å². The van der Waals surface area contributed by atoms with Crippen LogP contribution >= 0.6 is 11.8 Å². The maximum Gasteiger partial charge on any atom is 0.248 e. The molecule has 0 saturated carbocycles. The summed E-state index contributed by atoms with van der Waals surface area (Å²) in [7, 11) is 0. The largest absolute Gasteiger partial charge is 0.277 e. The Morgan fingerprint density at radius 1 is 1.23 bits per heavy atom. The molecule has 0 spiro atoms. The highest BCUT2D eigenvalue weighted by atomic mass is 32.2. The van der Waals surface area contributed by atoms with Crippen LogP contribution in [0, 0.1) is 13.8 Å². The van der Waals surface area contributed by atoms with E-state index < -0.39 is 0 Å². The van der Waals surface area contributed by atoms with E-state index in [0.29, 0.717) is 5.16 Å². The number of nitrogens with zero attached hydrogens (tertiary/aromatic N) is 3. The van der Waals surface area contributed by atoms with Gasteiger partial charge in [0.25, 0.3) is 0 Å². The van der Waals surface area contributed by atoms with Gasteiger partial charge in [-0.2, -0.15) is 0 Å². The lowest BCUT2D eigenvalue weighted by Gasteiger charge is -2.09. The number of carbonyl (C=O) groups is 2. The molecular weight excluding hydrogens is 302 g/mol. The van der Waals surface area contributed by atoms with Gasteiger partial charge in [0.05, 0.1) is 5.75 Å². The zero-order valence-electron chi connectivity index (χ0n) is 12.6. The average molecular weight is 319 g/mol. The van der Waals surface area contributed by atoms with Crippen molar-refractivity contribution in [2.24, 2.45) is 0 Å². The van der Waals surface area contributed by atoms with E-state index in [-0.39, 0.29) is 17.6 Å². The molecule has 1 aromatic heterocycles. The predicted octanol–water partition coefficient (Wildman–Crippen LogP) is 1.14. The molecule has 8 heteroatoms. The van der Waals surface area contributed by atoms with Crippen LogP contribution in [0.5, 0.6) is 0 Å².